The topological polar surface area (TPSA) is 101 Å². The number of anilines is 2. The number of aliphatic imine (C=N–C) groups is 1. The maximum atomic E-state index is 13.5. The average Bonchev–Trinajstić information content (AvgIpc) is 2.96. The van der Waals surface area contributed by atoms with Gasteiger partial charge in [-0.15, -0.1) is 0 Å². The van der Waals surface area contributed by atoms with Crippen molar-refractivity contribution in [2.24, 2.45) is 4.99 Å². The molecule has 8 nitrogen and oxygen atoms in total. The van der Waals surface area contributed by atoms with Crippen molar-refractivity contribution in [1.82, 2.24) is 5.32 Å². The third-order valence-corrected chi connectivity index (χ3v) is 7.31. The number of thioether (sulfide) groups is 1. The Balaban J connectivity index is 1.60. The van der Waals surface area contributed by atoms with Crippen molar-refractivity contribution in [3.63, 3.8) is 0 Å². The summed E-state index contributed by atoms with van der Waals surface area (Å²) in [6.45, 7) is 6.01. The van der Waals surface area contributed by atoms with Crippen LogP contribution in [0.25, 0.3) is 0 Å². The molecule has 4 rings (SSSR count). The molecule has 3 aromatic rings. The Morgan fingerprint density at radius 3 is 2.40 bits per heavy atom. The third-order valence-electron chi connectivity index (χ3n) is 6.43. The fourth-order valence-electron chi connectivity index (χ4n) is 4.44. The van der Waals surface area contributed by atoms with Crippen molar-refractivity contribution in [3.8, 4) is 11.5 Å². The fraction of sp³-hybridized carbons (Fsp3) is 0.258. The van der Waals surface area contributed by atoms with Gasteiger partial charge in [0.25, 0.3) is 5.91 Å². The SMILES string of the molecule is COc1ccc([C@H]2N=C(SCC(=O)Nc3ccccc3C(C)C)NC(C)=C2C(=O)Nc2ccccc2)c(OC)c1. The van der Waals surface area contributed by atoms with E-state index in [0.717, 1.165) is 11.3 Å². The lowest BCUT2D eigenvalue weighted by molar-refractivity contribution is -0.114. The van der Waals surface area contributed by atoms with Crippen LogP contribution in [0.5, 0.6) is 11.5 Å². The second kappa shape index (κ2) is 13.2. The number of methoxy groups -OCH3 is 2. The quantitative estimate of drug-likeness (QED) is 0.293. The molecule has 0 saturated heterocycles. The van der Waals surface area contributed by atoms with E-state index >= 15 is 0 Å². The normalized spacial score (nSPS) is 14.8. The number of hydrogen-bond acceptors (Lipinski definition) is 7. The van der Waals surface area contributed by atoms with Gasteiger partial charge in [-0.2, -0.15) is 0 Å². The van der Waals surface area contributed by atoms with Gasteiger partial charge in [0.15, 0.2) is 5.17 Å². The standard InChI is InChI=1S/C31H34N4O4S/c1-19(2)23-13-9-10-14-25(23)34-27(36)18-40-31-32-20(3)28(30(37)33-21-11-7-6-8-12-21)29(35-31)24-16-15-22(38-4)17-26(24)39-5/h6-17,19,29H,18H2,1-5H3,(H,32,35)(H,33,37)(H,34,36)/t29-/m1/s1. The van der Waals surface area contributed by atoms with Crippen LogP contribution < -0.4 is 25.4 Å². The largest absolute Gasteiger partial charge is 0.497 e. The maximum Gasteiger partial charge on any atom is 0.255 e. The van der Waals surface area contributed by atoms with E-state index < -0.39 is 6.04 Å². The van der Waals surface area contributed by atoms with Gasteiger partial charge in [-0.05, 0) is 48.7 Å². The number of benzene rings is 3. The van der Waals surface area contributed by atoms with Crippen molar-refractivity contribution in [2.45, 2.75) is 32.7 Å². The molecule has 40 heavy (non-hydrogen) atoms. The summed E-state index contributed by atoms with van der Waals surface area (Å²) < 4.78 is 11.0. The summed E-state index contributed by atoms with van der Waals surface area (Å²) in [6, 6.07) is 21.8. The highest BCUT2D eigenvalue weighted by molar-refractivity contribution is 8.14. The highest BCUT2D eigenvalue weighted by Crippen LogP contribution is 2.39. The van der Waals surface area contributed by atoms with Gasteiger partial charge in [0.05, 0.1) is 25.5 Å². The molecule has 1 aliphatic heterocycles. The number of amidine groups is 1. The van der Waals surface area contributed by atoms with E-state index in [1.54, 1.807) is 20.3 Å². The lowest BCUT2D eigenvalue weighted by atomic mass is 9.95. The van der Waals surface area contributed by atoms with E-state index in [9.17, 15) is 9.59 Å². The van der Waals surface area contributed by atoms with Gasteiger partial charge in [-0.1, -0.05) is 62.0 Å². The lowest BCUT2D eigenvalue weighted by Crippen LogP contribution is -2.33. The van der Waals surface area contributed by atoms with E-state index in [-0.39, 0.29) is 23.5 Å². The van der Waals surface area contributed by atoms with Gasteiger partial charge in [0.2, 0.25) is 5.91 Å². The monoisotopic (exact) mass is 558 g/mol. The van der Waals surface area contributed by atoms with Crippen LogP contribution in [0.3, 0.4) is 0 Å². The predicted molar refractivity (Wildman–Crippen MR) is 162 cm³/mol. The Labute approximate surface area is 239 Å². The molecular formula is C31H34N4O4S. The summed E-state index contributed by atoms with van der Waals surface area (Å²) in [5.74, 6) is 1.17. The molecule has 1 atom stereocenters. The van der Waals surface area contributed by atoms with Gasteiger partial charge in [-0.25, -0.2) is 4.99 Å². The van der Waals surface area contributed by atoms with Crippen LogP contribution in [-0.2, 0) is 9.59 Å². The van der Waals surface area contributed by atoms with Crippen LogP contribution in [0.2, 0.25) is 0 Å². The molecule has 0 aliphatic carbocycles. The van der Waals surface area contributed by atoms with Crippen LogP contribution >= 0.6 is 11.8 Å². The fourth-order valence-corrected chi connectivity index (χ4v) is 5.18. The number of para-hydroxylation sites is 2. The van der Waals surface area contributed by atoms with Crippen molar-refractivity contribution < 1.29 is 19.1 Å². The van der Waals surface area contributed by atoms with Gasteiger partial charge in [0, 0.05) is 28.7 Å². The molecule has 0 radical (unpaired) electrons. The number of allylic oxidation sites excluding steroid dienone is 1. The van der Waals surface area contributed by atoms with E-state index in [1.165, 1.54) is 11.8 Å². The summed E-state index contributed by atoms with van der Waals surface area (Å²) in [5, 5.41) is 9.74. The van der Waals surface area contributed by atoms with Crippen LogP contribution in [0.1, 0.15) is 43.9 Å². The second-order valence-electron chi connectivity index (χ2n) is 9.51. The number of rotatable bonds is 9. The molecule has 9 heteroatoms. The van der Waals surface area contributed by atoms with E-state index in [4.69, 9.17) is 14.5 Å². The predicted octanol–water partition coefficient (Wildman–Crippen LogP) is 6.11. The van der Waals surface area contributed by atoms with E-state index in [0.29, 0.717) is 39.2 Å². The Kier molecular flexibility index (Phi) is 9.50. The van der Waals surface area contributed by atoms with E-state index in [1.807, 2.05) is 73.7 Å². The first-order valence-electron chi connectivity index (χ1n) is 13.0. The first kappa shape index (κ1) is 28.8. The zero-order valence-electron chi connectivity index (χ0n) is 23.3. The second-order valence-corrected chi connectivity index (χ2v) is 10.5. The molecule has 3 N–H and O–H groups in total. The van der Waals surface area contributed by atoms with Gasteiger partial charge in [0.1, 0.15) is 17.5 Å². The molecule has 2 amide bonds. The van der Waals surface area contributed by atoms with Gasteiger partial charge in [-0.3, -0.25) is 9.59 Å². The number of carbonyl (C=O) groups excluding carboxylic acids is 2. The molecule has 0 saturated carbocycles. The Morgan fingerprint density at radius 1 is 0.975 bits per heavy atom. The molecule has 208 valence electrons. The van der Waals surface area contributed by atoms with Crippen molar-refractivity contribution in [3.05, 3.63) is 95.2 Å². The highest BCUT2D eigenvalue weighted by atomic mass is 32.2. The van der Waals surface area contributed by atoms with Gasteiger partial charge < -0.3 is 25.4 Å². The number of carbonyl (C=O) groups is 2. The number of nitrogens with zero attached hydrogens (tertiary/aromatic N) is 1. The number of ether oxygens (including phenoxy) is 2. The Morgan fingerprint density at radius 2 is 1.70 bits per heavy atom. The number of amides is 2. The molecular weight excluding hydrogens is 524 g/mol. The molecule has 3 aromatic carbocycles. The van der Waals surface area contributed by atoms with Crippen LogP contribution in [0, 0.1) is 0 Å². The summed E-state index contributed by atoms with van der Waals surface area (Å²) in [7, 11) is 3.15. The molecule has 1 heterocycles. The minimum absolute atomic E-state index is 0.142. The maximum absolute atomic E-state index is 13.5. The number of hydrogen-bond donors (Lipinski definition) is 3. The summed E-state index contributed by atoms with van der Waals surface area (Å²) in [4.78, 5) is 31.3. The molecule has 0 unspecified atom stereocenters. The summed E-state index contributed by atoms with van der Waals surface area (Å²) >= 11 is 1.28. The molecule has 0 aromatic heterocycles. The zero-order valence-corrected chi connectivity index (χ0v) is 24.1. The van der Waals surface area contributed by atoms with Crippen molar-refractivity contribution in [2.75, 3.05) is 30.6 Å². The van der Waals surface area contributed by atoms with E-state index in [2.05, 4.69) is 29.8 Å². The molecule has 0 fully saturated rings. The Hall–Kier alpha value is -4.24. The lowest BCUT2D eigenvalue weighted by Gasteiger charge is -2.27. The van der Waals surface area contributed by atoms with Gasteiger partial charge >= 0.3 is 0 Å². The van der Waals surface area contributed by atoms with Crippen molar-refractivity contribution in [1.29, 1.82) is 0 Å². The summed E-state index contributed by atoms with van der Waals surface area (Å²) in [6.07, 6.45) is 0. The smallest absolute Gasteiger partial charge is 0.255 e. The molecule has 1 aliphatic rings. The number of nitrogens with one attached hydrogen (secondary N) is 3. The average molecular weight is 559 g/mol. The zero-order chi connectivity index (χ0) is 28.6. The van der Waals surface area contributed by atoms with Crippen LogP contribution in [-0.4, -0.2) is 37.0 Å². The van der Waals surface area contributed by atoms with Crippen molar-refractivity contribution >= 4 is 40.1 Å². The first-order chi connectivity index (χ1) is 19.3. The molecule has 0 bridgehead atoms. The van der Waals surface area contributed by atoms with Crippen LogP contribution in [0.15, 0.2) is 89.1 Å². The third kappa shape index (κ3) is 6.84. The summed E-state index contributed by atoms with van der Waals surface area (Å²) in [5.41, 5.74) is 4.35. The minimum Gasteiger partial charge on any atom is -0.497 e. The molecule has 0 spiro atoms. The minimum atomic E-state index is -0.668. The first-order valence-corrected chi connectivity index (χ1v) is 13.9. The highest BCUT2D eigenvalue weighted by Gasteiger charge is 2.32. The van der Waals surface area contributed by atoms with Crippen LogP contribution in [0.4, 0.5) is 11.4 Å². The Bertz CT molecular complexity index is 1440.